The molecule has 0 unspecified atom stereocenters. The molecule has 0 saturated heterocycles. The molecule has 1 aliphatic heterocycles. The van der Waals surface area contributed by atoms with E-state index in [4.69, 9.17) is 59.2 Å². The molecule has 3 heterocycles. The number of nitrogens with zero attached hydrogens (tertiary/aromatic N) is 5. The second-order valence-electron chi connectivity index (χ2n) is 14.0. The minimum Gasteiger partial charge on any atom is -0.480 e. The second-order valence-corrected chi connectivity index (χ2v) is 16.8. The number of carboxylic acid groups (broad SMARTS) is 2. The van der Waals surface area contributed by atoms with Crippen LogP contribution < -0.4 is 29.7 Å². The first-order valence-electron chi connectivity index (χ1n) is 20.4. The maximum atomic E-state index is 12.7. The van der Waals surface area contributed by atoms with Crippen LogP contribution in [0.2, 0.25) is 10.0 Å². The Bertz CT molecular complexity index is 2960. The van der Waals surface area contributed by atoms with E-state index < -0.39 is 51.0 Å². The number of aliphatic carboxylic acids is 1. The van der Waals surface area contributed by atoms with Gasteiger partial charge in [-0.05, 0) is 106 Å². The summed E-state index contributed by atoms with van der Waals surface area (Å²) in [5.41, 5.74) is 2.13. The van der Waals surface area contributed by atoms with E-state index in [1.807, 2.05) is 0 Å². The molecule has 0 saturated carbocycles. The van der Waals surface area contributed by atoms with Crippen molar-refractivity contribution in [2.45, 2.75) is 44.4 Å². The number of nitrogens with one attached hydrogen (secondary N) is 3. The predicted molar refractivity (Wildman–Crippen MR) is 253 cm³/mol. The van der Waals surface area contributed by atoms with Crippen molar-refractivity contribution in [1.29, 1.82) is 0 Å². The van der Waals surface area contributed by atoms with Gasteiger partial charge in [0.25, 0.3) is 21.8 Å². The van der Waals surface area contributed by atoms with Crippen molar-refractivity contribution in [2.24, 2.45) is 0 Å². The van der Waals surface area contributed by atoms with E-state index in [1.165, 1.54) is 30.2 Å². The van der Waals surface area contributed by atoms with Crippen LogP contribution in [0, 0.1) is 0 Å². The van der Waals surface area contributed by atoms with Gasteiger partial charge in [-0.25, -0.2) is 37.2 Å². The molecule has 21 nitrogen and oxygen atoms in total. The number of esters is 1. The molecule has 25 heteroatoms. The molecule has 362 valence electrons. The number of carboxylic acids is 2. The zero-order valence-electron chi connectivity index (χ0n) is 36.6. The summed E-state index contributed by atoms with van der Waals surface area (Å²) >= 11 is 18.1. The normalized spacial score (nSPS) is 13.2. The van der Waals surface area contributed by atoms with Crippen LogP contribution in [0.1, 0.15) is 55.5 Å². The molecule has 69 heavy (non-hydrogen) atoms. The topological polar surface area (TPSA) is 296 Å². The van der Waals surface area contributed by atoms with Crippen LogP contribution in [-0.2, 0) is 33.9 Å². The number of anilines is 3. The molecule has 4 amide bonds. The van der Waals surface area contributed by atoms with Crippen molar-refractivity contribution in [2.75, 3.05) is 42.4 Å². The number of aromatic nitrogens is 4. The van der Waals surface area contributed by atoms with E-state index in [0.29, 0.717) is 56.6 Å². The molecule has 7 rings (SSSR count). The molecule has 2 aromatic heterocycles. The van der Waals surface area contributed by atoms with Crippen molar-refractivity contribution in [3.63, 3.8) is 0 Å². The summed E-state index contributed by atoms with van der Waals surface area (Å²) in [6.45, 7) is 3.45. The number of hydrogen-bond acceptors (Lipinski definition) is 16. The predicted octanol–water partition coefficient (Wildman–Crippen LogP) is 7.10. The zero-order valence-corrected chi connectivity index (χ0v) is 39.7. The number of fused-ring (bicyclic) bond motifs is 1. The molecule has 5 aromatic rings. The van der Waals surface area contributed by atoms with Crippen LogP contribution in [0.4, 0.5) is 22.4 Å². The summed E-state index contributed by atoms with van der Waals surface area (Å²) in [6.07, 6.45) is 6.05. The van der Waals surface area contributed by atoms with Crippen molar-refractivity contribution >= 4 is 115 Å². The van der Waals surface area contributed by atoms with Gasteiger partial charge in [-0.3, -0.25) is 19.9 Å². The van der Waals surface area contributed by atoms with Gasteiger partial charge in [-0.1, -0.05) is 46.9 Å². The van der Waals surface area contributed by atoms with E-state index in [-0.39, 0.29) is 48.0 Å². The molecular weight excluding hydrogens is 987 g/mol. The van der Waals surface area contributed by atoms with E-state index in [1.54, 1.807) is 67.2 Å². The van der Waals surface area contributed by atoms with Crippen LogP contribution in [-0.4, -0.2) is 101 Å². The number of halogens is 3. The Balaban J connectivity index is 0.000000199. The van der Waals surface area contributed by atoms with Crippen molar-refractivity contribution < 1.29 is 61.6 Å². The number of pyridine rings is 1. The molecule has 3 aromatic carbocycles. The number of sulfonamides is 1. The third kappa shape index (κ3) is 13.6. The third-order valence-electron chi connectivity index (χ3n) is 9.38. The van der Waals surface area contributed by atoms with Crippen LogP contribution in [0.5, 0.6) is 11.8 Å². The first-order chi connectivity index (χ1) is 32.9. The summed E-state index contributed by atoms with van der Waals surface area (Å²) in [4.78, 5) is 86.9. The van der Waals surface area contributed by atoms with Gasteiger partial charge in [0, 0.05) is 34.8 Å². The highest BCUT2D eigenvalue weighted by Gasteiger charge is 2.39. The molecule has 0 bridgehead atoms. The minimum absolute atomic E-state index is 0.0776. The van der Waals surface area contributed by atoms with Crippen LogP contribution in [0.25, 0.3) is 17.0 Å². The number of aromatic carboxylic acids is 1. The average molecular weight is 1030 g/mol. The van der Waals surface area contributed by atoms with E-state index in [0.717, 1.165) is 30.4 Å². The Hall–Kier alpha value is -7.40. The molecule has 1 aliphatic carbocycles. The standard InChI is InChI=1S/C19H17Cl2NO4.C14H16N6O6S.C11H8ClNO3/c1-2-26-19(25)16(21)10-11-9-12(7-8-15(11)20)22-17(23)13-5-3-4-6-14(13)18(22)24;1-3-26-14-18-11(15-2)16-12(19-14)17-13(23)20-27(24,25)9-7-5-4-6-8(9)10(21)22;12-8-3-4-9(16-6-10(14)15)11-7(8)2-1-5-13-11/h7-10H,2-6H2,1H3;4-7H,3H2,1-2H3,(H,21,22)(H3,15,16,17,18,19,20,23);1-5H,6H2,(H,14,15)/b16-10-;;. The summed E-state index contributed by atoms with van der Waals surface area (Å²) in [6, 6.07) is 15.2. The van der Waals surface area contributed by atoms with Crippen molar-refractivity contribution in [3.8, 4) is 11.8 Å². The van der Waals surface area contributed by atoms with Gasteiger partial charge in [-0.2, -0.15) is 15.0 Å². The van der Waals surface area contributed by atoms with Crippen molar-refractivity contribution in [1.82, 2.24) is 24.7 Å². The summed E-state index contributed by atoms with van der Waals surface area (Å²) in [5, 5.41) is 23.9. The number of ether oxygens (including phenoxy) is 3. The molecule has 5 N–H and O–H groups in total. The highest BCUT2D eigenvalue weighted by Crippen LogP contribution is 2.37. The van der Waals surface area contributed by atoms with Gasteiger partial charge in [0.15, 0.2) is 6.61 Å². The van der Waals surface area contributed by atoms with Gasteiger partial charge >= 0.3 is 29.9 Å². The summed E-state index contributed by atoms with van der Waals surface area (Å²) in [5.74, 6) is -3.46. The smallest absolute Gasteiger partial charge is 0.349 e. The lowest BCUT2D eigenvalue weighted by atomic mass is 9.93. The largest absolute Gasteiger partial charge is 0.480 e. The number of imide groups is 1. The molecule has 0 fully saturated rings. The SMILES string of the molecule is CCOC(=O)/C(Cl)=C/c1cc(N2C(=O)C3=C(CCCC3)C2=O)ccc1Cl.CCOc1nc(NC)nc(NC(=O)NS(=O)(=O)c2ccccc2C(=O)O)n1.O=C(O)COc1ccc(Cl)c2cccnc12. The number of urea groups is 1. The quantitative estimate of drug-likeness (QED) is 0.0421. The number of carbonyl (C=O) groups is 6. The fourth-order valence-electron chi connectivity index (χ4n) is 6.42. The number of carbonyl (C=O) groups excluding carboxylic acids is 4. The first-order valence-corrected chi connectivity index (χ1v) is 23.1. The molecule has 0 spiro atoms. The van der Waals surface area contributed by atoms with Gasteiger partial charge in [0.1, 0.15) is 21.2 Å². The fourth-order valence-corrected chi connectivity index (χ4v) is 8.09. The second kappa shape index (κ2) is 24.1. The third-order valence-corrected chi connectivity index (χ3v) is 11.7. The van der Waals surface area contributed by atoms with E-state index in [9.17, 15) is 37.2 Å². The summed E-state index contributed by atoms with van der Waals surface area (Å²) < 4.78 is 41.4. The molecular formula is C44H41Cl3N8O13S. The van der Waals surface area contributed by atoms with Gasteiger partial charge in [-0.15, -0.1) is 0 Å². The Morgan fingerprint density at radius 3 is 2.14 bits per heavy atom. The Labute approximate surface area is 408 Å². The number of rotatable bonds is 14. The monoisotopic (exact) mass is 1030 g/mol. The zero-order chi connectivity index (χ0) is 50.4. The summed E-state index contributed by atoms with van der Waals surface area (Å²) in [7, 11) is -2.92. The lowest BCUT2D eigenvalue weighted by Crippen LogP contribution is -2.35. The Morgan fingerprint density at radius 1 is 0.841 bits per heavy atom. The van der Waals surface area contributed by atoms with E-state index >= 15 is 0 Å². The Kier molecular flexibility index (Phi) is 18.3. The van der Waals surface area contributed by atoms with Gasteiger partial charge in [0.2, 0.25) is 11.9 Å². The average Bonchev–Trinajstić information content (AvgIpc) is 3.58. The molecule has 2 aliphatic rings. The van der Waals surface area contributed by atoms with Crippen molar-refractivity contribution in [3.05, 3.63) is 110 Å². The minimum atomic E-state index is -4.45. The molecule has 0 radical (unpaired) electrons. The highest BCUT2D eigenvalue weighted by atomic mass is 35.5. The van der Waals surface area contributed by atoms with Crippen LogP contribution in [0.3, 0.4) is 0 Å². The lowest BCUT2D eigenvalue weighted by Gasteiger charge is -2.16. The molecule has 0 atom stereocenters. The first kappa shape index (κ1) is 52.6. The maximum absolute atomic E-state index is 12.7. The van der Waals surface area contributed by atoms with Crippen LogP contribution >= 0.6 is 34.8 Å². The van der Waals surface area contributed by atoms with Gasteiger partial charge < -0.3 is 29.7 Å². The fraction of sp³-hybridized carbons (Fsp3) is 0.227. The Morgan fingerprint density at radius 2 is 1.51 bits per heavy atom. The lowest BCUT2D eigenvalue weighted by molar-refractivity contribution is -0.139. The number of amides is 4. The number of benzene rings is 3. The van der Waals surface area contributed by atoms with Gasteiger partial charge in [0.05, 0.1) is 29.5 Å². The van der Waals surface area contributed by atoms with E-state index in [2.05, 4.69) is 30.6 Å². The number of hydrogen-bond donors (Lipinski definition) is 5. The maximum Gasteiger partial charge on any atom is 0.349 e. The highest BCUT2D eigenvalue weighted by molar-refractivity contribution is 7.90. The van der Waals surface area contributed by atoms with Crippen LogP contribution in [0.15, 0.2) is 94.0 Å².